The molecule has 0 aromatic heterocycles. The summed E-state index contributed by atoms with van der Waals surface area (Å²) in [6.45, 7) is 0.349. The minimum atomic E-state index is -4.64. The lowest BCUT2D eigenvalue weighted by atomic mass is 10.2. The summed E-state index contributed by atoms with van der Waals surface area (Å²) in [6.07, 6.45) is -4.40. The molecule has 1 saturated heterocycles. The van der Waals surface area contributed by atoms with Crippen LogP contribution in [-0.4, -0.2) is 55.5 Å². The molecule has 1 fully saturated rings. The van der Waals surface area contributed by atoms with E-state index in [-0.39, 0.29) is 44.3 Å². The van der Waals surface area contributed by atoms with Crippen LogP contribution in [0, 0.1) is 5.82 Å². The van der Waals surface area contributed by atoms with Gasteiger partial charge in [0.2, 0.25) is 15.9 Å². The zero-order valence-electron chi connectivity index (χ0n) is 16.3. The van der Waals surface area contributed by atoms with Crippen LogP contribution in [0.15, 0.2) is 58.3 Å². The second kappa shape index (κ2) is 9.58. The normalized spacial score (nSPS) is 15.8. The van der Waals surface area contributed by atoms with Gasteiger partial charge in [0, 0.05) is 43.2 Å². The molecule has 2 aromatic rings. The lowest BCUT2D eigenvalue weighted by Gasteiger charge is -2.34. The molecule has 1 aliphatic rings. The van der Waals surface area contributed by atoms with Crippen molar-refractivity contribution in [3.63, 3.8) is 0 Å². The number of benzene rings is 2. The van der Waals surface area contributed by atoms with Crippen molar-refractivity contribution in [2.75, 3.05) is 31.9 Å². The summed E-state index contributed by atoms with van der Waals surface area (Å²) >= 11 is 1.41. The molecular formula is C20H20F4N2O3S2. The van der Waals surface area contributed by atoms with E-state index in [2.05, 4.69) is 0 Å². The van der Waals surface area contributed by atoms with Gasteiger partial charge in [-0.15, -0.1) is 11.8 Å². The van der Waals surface area contributed by atoms with Crippen molar-refractivity contribution in [3.8, 4) is 0 Å². The monoisotopic (exact) mass is 476 g/mol. The van der Waals surface area contributed by atoms with E-state index in [0.717, 1.165) is 27.4 Å². The van der Waals surface area contributed by atoms with E-state index in [1.54, 1.807) is 17.0 Å². The van der Waals surface area contributed by atoms with E-state index in [0.29, 0.717) is 11.8 Å². The van der Waals surface area contributed by atoms with Crippen LogP contribution in [0.4, 0.5) is 17.6 Å². The first-order valence-electron chi connectivity index (χ1n) is 9.41. The Balaban J connectivity index is 1.53. The van der Waals surface area contributed by atoms with Crippen molar-refractivity contribution in [1.82, 2.24) is 9.21 Å². The van der Waals surface area contributed by atoms with E-state index >= 15 is 0 Å². The standard InChI is InChI=1S/C20H20F4N2O3S2/c21-16-4-6-17(7-5-16)30-13-8-19(27)25-9-11-26(12-10-25)31(28,29)18-3-1-2-15(14-18)20(22,23)24/h1-7,14H,8-13H2. The molecule has 0 radical (unpaired) electrons. The van der Waals surface area contributed by atoms with Crippen LogP contribution in [0.2, 0.25) is 0 Å². The summed E-state index contributed by atoms with van der Waals surface area (Å²) in [5, 5.41) is 0. The first kappa shape index (κ1) is 23.6. The number of halogens is 4. The van der Waals surface area contributed by atoms with Gasteiger partial charge < -0.3 is 4.90 Å². The molecule has 1 heterocycles. The molecule has 0 aliphatic carbocycles. The first-order chi connectivity index (χ1) is 14.6. The molecule has 0 spiro atoms. The molecule has 0 atom stereocenters. The Morgan fingerprint density at radius 1 is 1.00 bits per heavy atom. The third-order valence-electron chi connectivity index (χ3n) is 4.79. The zero-order chi connectivity index (χ0) is 22.6. The maximum Gasteiger partial charge on any atom is 0.416 e. The Hall–Kier alpha value is -2.11. The highest BCUT2D eigenvalue weighted by Gasteiger charge is 2.34. The van der Waals surface area contributed by atoms with Gasteiger partial charge in [0.15, 0.2) is 0 Å². The summed E-state index contributed by atoms with van der Waals surface area (Å²) in [7, 11) is -4.09. The number of nitrogens with zero attached hydrogens (tertiary/aromatic N) is 2. The highest BCUT2D eigenvalue weighted by molar-refractivity contribution is 7.99. The Morgan fingerprint density at radius 3 is 2.26 bits per heavy atom. The van der Waals surface area contributed by atoms with E-state index < -0.39 is 26.7 Å². The molecule has 0 saturated carbocycles. The van der Waals surface area contributed by atoms with Crippen molar-refractivity contribution < 1.29 is 30.8 Å². The fourth-order valence-electron chi connectivity index (χ4n) is 3.10. The van der Waals surface area contributed by atoms with Gasteiger partial charge in [0.1, 0.15) is 5.82 Å². The summed E-state index contributed by atoms with van der Waals surface area (Å²) in [6, 6.07) is 9.58. The SMILES string of the molecule is O=C(CCSc1ccc(F)cc1)N1CCN(S(=O)(=O)c2cccc(C(F)(F)F)c2)CC1. The van der Waals surface area contributed by atoms with Crippen LogP contribution >= 0.6 is 11.8 Å². The summed E-state index contributed by atoms with van der Waals surface area (Å²) < 4.78 is 78.1. The van der Waals surface area contributed by atoms with E-state index in [9.17, 15) is 30.8 Å². The predicted molar refractivity (Wildman–Crippen MR) is 109 cm³/mol. The Bertz CT molecular complexity index is 1020. The van der Waals surface area contributed by atoms with Crippen LogP contribution in [0.1, 0.15) is 12.0 Å². The third kappa shape index (κ3) is 5.98. The summed E-state index contributed by atoms with van der Waals surface area (Å²) in [5.74, 6) is 0.0249. The van der Waals surface area contributed by atoms with E-state index in [4.69, 9.17) is 0 Å². The van der Waals surface area contributed by atoms with Crippen molar-refractivity contribution in [2.24, 2.45) is 0 Å². The summed E-state index contributed by atoms with van der Waals surface area (Å²) in [4.78, 5) is 14.3. The largest absolute Gasteiger partial charge is 0.416 e. The van der Waals surface area contributed by atoms with Gasteiger partial charge in [0.25, 0.3) is 0 Å². The van der Waals surface area contributed by atoms with Gasteiger partial charge in [-0.3, -0.25) is 4.79 Å². The van der Waals surface area contributed by atoms with Crippen molar-refractivity contribution >= 4 is 27.7 Å². The number of hydrogen-bond donors (Lipinski definition) is 0. The zero-order valence-corrected chi connectivity index (χ0v) is 17.9. The van der Waals surface area contributed by atoms with Crippen LogP contribution < -0.4 is 0 Å². The Kier molecular flexibility index (Phi) is 7.28. The molecule has 0 bridgehead atoms. The number of rotatable bonds is 6. The average molecular weight is 477 g/mol. The van der Waals surface area contributed by atoms with Gasteiger partial charge in [0.05, 0.1) is 10.5 Å². The Labute approximate surface area is 182 Å². The molecule has 1 amide bonds. The smallest absolute Gasteiger partial charge is 0.340 e. The molecule has 3 rings (SSSR count). The van der Waals surface area contributed by atoms with Crippen LogP contribution in [-0.2, 0) is 21.0 Å². The van der Waals surface area contributed by atoms with Gasteiger partial charge in [-0.1, -0.05) is 6.07 Å². The lowest BCUT2D eigenvalue weighted by molar-refractivity contribution is -0.137. The number of carbonyl (C=O) groups is 1. The molecule has 5 nitrogen and oxygen atoms in total. The number of amides is 1. The molecule has 11 heteroatoms. The molecule has 1 aliphatic heterocycles. The summed E-state index contributed by atoms with van der Waals surface area (Å²) in [5.41, 5.74) is -1.03. The number of sulfonamides is 1. The van der Waals surface area contributed by atoms with E-state index in [1.165, 1.54) is 23.9 Å². The van der Waals surface area contributed by atoms with Crippen LogP contribution in [0.5, 0.6) is 0 Å². The van der Waals surface area contributed by atoms with Crippen molar-refractivity contribution in [1.29, 1.82) is 0 Å². The van der Waals surface area contributed by atoms with Gasteiger partial charge in [-0.25, -0.2) is 12.8 Å². The van der Waals surface area contributed by atoms with Crippen LogP contribution in [0.25, 0.3) is 0 Å². The molecule has 0 N–H and O–H groups in total. The number of hydrogen-bond acceptors (Lipinski definition) is 4. The highest BCUT2D eigenvalue weighted by Crippen LogP contribution is 2.31. The minimum Gasteiger partial charge on any atom is -0.340 e. The number of piperazine rings is 1. The predicted octanol–water partition coefficient (Wildman–Crippen LogP) is 3.86. The average Bonchev–Trinajstić information content (AvgIpc) is 2.74. The van der Waals surface area contributed by atoms with Gasteiger partial charge >= 0.3 is 6.18 Å². The molecule has 2 aromatic carbocycles. The van der Waals surface area contributed by atoms with Crippen LogP contribution in [0.3, 0.4) is 0 Å². The van der Waals surface area contributed by atoms with Gasteiger partial charge in [-0.05, 0) is 42.5 Å². The number of alkyl halides is 3. The van der Waals surface area contributed by atoms with E-state index in [1.807, 2.05) is 0 Å². The maximum absolute atomic E-state index is 12.9. The lowest BCUT2D eigenvalue weighted by Crippen LogP contribution is -2.50. The first-order valence-corrected chi connectivity index (χ1v) is 11.8. The fraction of sp³-hybridized carbons (Fsp3) is 0.350. The number of carbonyl (C=O) groups excluding carboxylic acids is 1. The quantitative estimate of drug-likeness (QED) is 0.469. The molecule has 168 valence electrons. The van der Waals surface area contributed by atoms with Crippen molar-refractivity contribution in [3.05, 3.63) is 59.9 Å². The topological polar surface area (TPSA) is 57.7 Å². The molecular weight excluding hydrogens is 456 g/mol. The van der Waals surface area contributed by atoms with Gasteiger partial charge in [-0.2, -0.15) is 17.5 Å². The molecule has 31 heavy (non-hydrogen) atoms. The number of thioether (sulfide) groups is 1. The molecule has 0 unspecified atom stereocenters. The highest BCUT2D eigenvalue weighted by atomic mass is 32.2. The second-order valence-corrected chi connectivity index (χ2v) is 9.97. The third-order valence-corrected chi connectivity index (χ3v) is 7.70. The fourth-order valence-corrected chi connectivity index (χ4v) is 5.41. The maximum atomic E-state index is 12.9. The second-order valence-electron chi connectivity index (χ2n) is 6.86. The minimum absolute atomic E-state index is 0.00935. The van der Waals surface area contributed by atoms with Crippen molar-refractivity contribution in [2.45, 2.75) is 22.4 Å². The Morgan fingerprint density at radius 2 is 1.65 bits per heavy atom.